The number of anilines is 1. The van der Waals surface area contributed by atoms with Crippen molar-refractivity contribution in [3.63, 3.8) is 0 Å². The summed E-state index contributed by atoms with van der Waals surface area (Å²) in [6, 6.07) is 0. The maximum absolute atomic E-state index is 5.25. The average molecular weight is 197 g/mol. The summed E-state index contributed by atoms with van der Waals surface area (Å²) < 4.78 is 5.25. The second-order valence-corrected chi connectivity index (χ2v) is 2.98. The number of nitrogen functional groups attached to an aromatic ring is 1. The van der Waals surface area contributed by atoms with E-state index in [1.165, 1.54) is 11.3 Å². The van der Waals surface area contributed by atoms with Crippen molar-refractivity contribution in [2.24, 2.45) is 5.84 Å². The SMILES string of the molecule is C=C=C(OCC)c1csc(NN)n1. The first kappa shape index (κ1) is 9.80. The van der Waals surface area contributed by atoms with E-state index in [1.807, 2.05) is 12.3 Å². The van der Waals surface area contributed by atoms with Gasteiger partial charge in [0.1, 0.15) is 5.69 Å². The van der Waals surface area contributed by atoms with Crippen LogP contribution in [-0.4, -0.2) is 11.6 Å². The summed E-state index contributed by atoms with van der Waals surface area (Å²) in [5, 5.41) is 2.47. The summed E-state index contributed by atoms with van der Waals surface area (Å²) >= 11 is 1.40. The van der Waals surface area contributed by atoms with E-state index in [0.29, 0.717) is 23.2 Å². The summed E-state index contributed by atoms with van der Waals surface area (Å²) in [4.78, 5) is 4.14. The molecule has 1 heterocycles. The third kappa shape index (κ3) is 2.32. The van der Waals surface area contributed by atoms with Crippen molar-refractivity contribution in [1.29, 1.82) is 0 Å². The summed E-state index contributed by atoms with van der Waals surface area (Å²) in [7, 11) is 0. The third-order valence-corrected chi connectivity index (χ3v) is 2.08. The van der Waals surface area contributed by atoms with E-state index < -0.39 is 0 Å². The number of rotatable bonds is 4. The monoisotopic (exact) mass is 197 g/mol. The standard InChI is InChI=1S/C8H11N3OS/c1-3-7(12-4-2)6-5-13-8(10-6)11-9/h5H,1,4,9H2,2H3,(H,10,11). The molecule has 0 unspecified atom stereocenters. The number of hydrogen-bond acceptors (Lipinski definition) is 5. The van der Waals surface area contributed by atoms with Crippen LogP contribution in [0.3, 0.4) is 0 Å². The normalized spacial score (nSPS) is 9.08. The molecule has 0 aliphatic rings. The molecule has 5 heteroatoms. The van der Waals surface area contributed by atoms with E-state index >= 15 is 0 Å². The van der Waals surface area contributed by atoms with Crippen molar-refractivity contribution >= 4 is 22.2 Å². The molecule has 0 aliphatic heterocycles. The van der Waals surface area contributed by atoms with Crippen LogP contribution in [0.1, 0.15) is 12.6 Å². The Labute approximate surface area is 80.7 Å². The Morgan fingerprint density at radius 3 is 3.15 bits per heavy atom. The number of hydrogen-bond donors (Lipinski definition) is 2. The van der Waals surface area contributed by atoms with Gasteiger partial charge in [-0.3, -0.25) is 5.43 Å². The number of aromatic nitrogens is 1. The lowest BCUT2D eigenvalue weighted by molar-refractivity contribution is 0.297. The first-order valence-electron chi connectivity index (χ1n) is 3.77. The fraction of sp³-hybridized carbons (Fsp3) is 0.250. The van der Waals surface area contributed by atoms with Gasteiger partial charge in [0.2, 0.25) is 0 Å². The van der Waals surface area contributed by atoms with E-state index in [2.05, 4.69) is 22.7 Å². The maximum atomic E-state index is 5.25. The summed E-state index contributed by atoms with van der Waals surface area (Å²) in [6.07, 6.45) is 0. The molecule has 1 aromatic heterocycles. The Morgan fingerprint density at radius 1 is 1.92 bits per heavy atom. The van der Waals surface area contributed by atoms with Gasteiger partial charge in [-0.25, -0.2) is 10.8 Å². The molecule has 0 aromatic carbocycles. The number of nitrogens with one attached hydrogen (secondary N) is 1. The molecule has 0 spiro atoms. The fourth-order valence-corrected chi connectivity index (χ4v) is 1.41. The third-order valence-electron chi connectivity index (χ3n) is 1.31. The predicted octanol–water partition coefficient (Wildman–Crippen LogP) is 1.59. The van der Waals surface area contributed by atoms with Crippen LogP contribution in [0.2, 0.25) is 0 Å². The van der Waals surface area contributed by atoms with E-state index in [1.54, 1.807) is 0 Å². The largest absolute Gasteiger partial charge is 0.484 e. The Morgan fingerprint density at radius 2 is 2.69 bits per heavy atom. The molecule has 70 valence electrons. The lowest BCUT2D eigenvalue weighted by Gasteiger charge is -2.01. The highest BCUT2D eigenvalue weighted by Gasteiger charge is 2.05. The van der Waals surface area contributed by atoms with Gasteiger partial charge in [0, 0.05) is 5.38 Å². The van der Waals surface area contributed by atoms with Gasteiger partial charge >= 0.3 is 0 Å². The molecule has 0 amide bonds. The van der Waals surface area contributed by atoms with E-state index in [4.69, 9.17) is 10.6 Å². The molecule has 4 nitrogen and oxygen atoms in total. The Bertz CT molecular complexity index is 328. The van der Waals surface area contributed by atoms with Crippen LogP contribution in [-0.2, 0) is 4.74 Å². The molecule has 0 aliphatic carbocycles. The minimum Gasteiger partial charge on any atom is -0.484 e. The minimum atomic E-state index is 0.556. The van der Waals surface area contributed by atoms with Crippen LogP contribution in [0, 0.1) is 0 Å². The highest BCUT2D eigenvalue weighted by molar-refractivity contribution is 7.13. The van der Waals surface area contributed by atoms with Gasteiger partial charge in [-0.2, -0.15) is 0 Å². The zero-order valence-corrected chi connectivity index (χ0v) is 8.15. The topological polar surface area (TPSA) is 60.2 Å². The molecule has 0 bridgehead atoms. The van der Waals surface area contributed by atoms with Gasteiger partial charge in [0.05, 0.1) is 6.61 Å². The summed E-state index contributed by atoms with van der Waals surface area (Å²) in [6.45, 7) is 5.98. The molecule has 1 rings (SSSR count). The van der Waals surface area contributed by atoms with Crippen molar-refractivity contribution in [3.05, 3.63) is 23.4 Å². The number of hydrazine groups is 1. The lowest BCUT2D eigenvalue weighted by atomic mass is 10.4. The van der Waals surface area contributed by atoms with Crippen LogP contribution in [0.15, 0.2) is 17.7 Å². The molecule has 3 N–H and O–H groups in total. The van der Waals surface area contributed by atoms with Crippen molar-refractivity contribution in [2.45, 2.75) is 6.92 Å². The van der Waals surface area contributed by atoms with Crippen LogP contribution < -0.4 is 11.3 Å². The molecule has 0 atom stereocenters. The zero-order valence-electron chi connectivity index (χ0n) is 7.33. The van der Waals surface area contributed by atoms with Crippen LogP contribution in [0.4, 0.5) is 5.13 Å². The first-order chi connectivity index (χ1) is 6.31. The summed E-state index contributed by atoms with van der Waals surface area (Å²) in [5.74, 6) is 5.75. The Balaban J connectivity index is 2.86. The van der Waals surface area contributed by atoms with E-state index in [0.717, 1.165) is 0 Å². The smallest absolute Gasteiger partial charge is 0.197 e. The van der Waals surface area contributed by atoms with Crippen molar-refractivity contribution in [2.75, 3.05) is 12.0 Å². The second kappa shape index (κ2) is 4.67. The molecular weight excluding hydrogens is 186 g/mol. The molecule has 0 radical (unpaired) electrons. The van der Waals surface area contributed by atoms with Crippen LogP contribution >= 0.6 is 11.3 Å². The van der Waals surface area contributed by atoms with Gasteiger partial charge in [-0.1, -0.05) is 12.3 Å². The zero-order chi connectivity index (χ0) is 9.68. The van der Waals surface area contributed by atoms with Crippen molar-refractivity contribution in [1.82, 2.24) is 4.98 Å². The fourth-order valence-electron chi connectivity index (χ4n) is 0.804. The van der Waals surface area contributed by atoms with E-state index in [-0.39, 0.29) is 0 Å². The van der Waals surface area contributed by atoms with Crippen molar-refractivity contribution in [3.8, 4) is 0 Å². The second-order valence-electron chi connectivity index (χ2n) is 2.12. The number of nitrogens with two attached hydrogens (primary N) is 1. The van der Waals surface area contributed by atoms with Crippen LogP contribution in [0.5, 0.6) is 0 Å². The maximum Gasteiger partial charge on any atom is 0.197 e. The lowest BCUT2D eigenvalue weighted by Crippen LogP contribution is -2.06. The number of nitrogens with zero attached hydrogens (tertiary/aromatic N) is 1. The first-order valence-corrected chi connectivity index (χ1v) is 4.65. The van der Waals surface area contributed by atoms with Gasteiger partial charge in [-0.05, 0) is 6.92 Å². The van der Waals surface area contributed by atoms with Gasteiger partial charge in [0.25, 0.3) is 0 Å². The van der Waals surface area contributed by atoms with Gasteiger partial charge in [-0.15, -0.1) is 11.3 Å². The molecule has 0 saturated carbocycles. The number of ether oxygens (including phenoxy) is 1. The highest BCUT2D eigenvalue weighted by Crippen LogP contribution is 2.20. The van der Waals surface area contributed by atoms with Crippen LogP contribution in [0.25, 0.3) is 5.76 Å². The van der Waals surface area contributed by atoms with Gasteiger partial charge in [0.15, 0.2) is 10.9 Å². The molecule has 1 aromatic rings. The van der Waals surface area contributed by atoms with Crippen molar-refractivity contribution < 1.29 is 4.74 Å². The predicted molar refractivity (Wildman–Crippen MR) is 54.1 cm³/mol. The molecule has 0 saturated heterocycles. The Hall–Kier alpha value is -1.29. The molecular formula is C8H11N3OS. The van der Waals surface area contributed by atoms with Gasteiger partial charge < -0.3 is 4.74 Å². The highest BCUT2D eigenvalue weighted by atomic mass is 32.1. The Kier molecular flexibility index (Phi) is 3.52. The average Bonchev–Trinajstić information content (AvgIpc) is 2.62. The number of thiazole rings is 1. The molecule has 13 heavy (non-hydrogen) atoms. The van der Waals surface area contributed by atoms with E-state index in [9.17, 15) is 0 Å². The quantitative estimate of drug-likeness (QED) is 0.333. The minimum absolute atomic E-state index is 0.556. The molecule has 0 fully saturated rings. The summed E-state index contributed by atoms with van der Waals surface area (Å²) in [5.41, 5.74) is 5.84.